The van der Waals surface area contributed by atoms with Crippen molar-refractivity contribution >= 4 is 17.1 Å². The predicted molar refractivity (Wildman–Crippen MR) is 72.0 cm³/mol. The fourth-order valence-corrected chi connectivity index (χ4v) is 1.97. The maximum absolute atomic E-state index is 12.2. The number of aryl methyl sites for hydroxylation is 1. The first-order valence-corrected chi connectivity index (χ1v) is 6.14. The van der Waals surface area contributed by atoms with E-state index in [0.717, 1.165) is 0 Å². The molecule has 0 bridgehead atoms. The van der Waals surface area contributed by atoms with E-state index < -0.39 is 11.7 Å². The monoisotopic (exact) mass is 262 g/mol. The molecule has 0 fully saturated rings. The van der Waals surface area contributed by atoms with E-state index in [2.05, 4.69) is 4.98 Å². The van der Waals surface area contributed by atoms with Crippen molar-refractivity contribution < 1.29 is 14.6 Å². The number of ether oxygens (including phenoxy) is 1. The van der Waals surface area contributed by atoms with E-state index in [0.29, 0.717) is 22.4 Å². The summed E-state index contributed by atoms with van der Waals surface area (Å²) in [5.74, 6) is 0.546. The molecule has 5 nitrogen and oxygen atoms in total. The number of nitrogens with zero attached hydrogens (tertiary/aromatic N) is 2. The van der Waals surface area contributed by atoms with Crippen LogP contribution in [0.4, 0.5) is 4.79 Å². The lowest BCUT2D eigenvalue weighted by Gasteiger charge is -2.20. The summed E-state index contributed by atoms with van der Waals surface area (Å²) in [7, 11) is 0. The minimum Gasteiger partial charge on any atom is -0.443 e. The highest BCUT2D eigenvalue weighted by Crippen LogP contribution is 2.22. The van der Waals surface area contributed by atoms with Gasteiger partial charge in [-0.1, -0.05) is 12.1 Å². The van der Waals surface area contributed by atoms with Crippen LogP contribution in [0.15, 0.2) is 18.2 Å². The topological polar surface area (TPSA) is 64.4 Å². The maximum atomic E-state index is 12.2. The normalized spacial score (nSPS) is 11.8. The molecule has 1 heterocycles. The Morgan fingerprint density at radius 2 is 2.11 bits per heavy atom. The number of carbonyl (C=O) groups excluding carboxylic acids is 1. The molecule has 102 valence electrons. The summed E-state index contributed by atoms with van der Waals surface area (Å²) in [5, 5.41) is 9.39. The summed E-state index contributed by atoms with van der Waals surface area (Å²) in [6, 6.07) is 5.38. The Hall–Kier alpha value is -1.88. The van der Waals surface area contributed by atoms with Gasteiger partial charge >= 0.3 is 6.09 Å². The minimum absolute atomic E-state index is 0.148. The van der Waals surface area contributed by atoms with E-state index in [4.69, 9.17) is 4.74 Å². The first-order chi connectivity index (χ1) is 8.83. The van der Waals surface area contributed by atoms with Gasteiger partial charge in [-0.3, -0.25) is 0 Å². The molecule has 1 aromatic carbocycles. The molecule has 0 saturated heterocycles. The van der Waals surface area contributed by atoms with Crippen LogP contribution in [0.3, 0.4) is 0 Å². The average Bonchev–Trinajstić information content (AvgIpc) is 2.62. The number of fused-ring (bicyclic) bond motifs is 1. The summed E-state index contributed by atoms with van der Waals surface area (Å²) in [4.78, 5) is 16.6. The van der Waals surface area contributed by atoms with E-state index in [-0.39, 0.29) is 6.61 Å². The Balaban J connectivity index is 2.59. The number of aliphatic hydroxyl groups is 1. The molecule has 0 saturated carbocycles. The molecular weight excluding hydrogens is 244 g/mol. The van der Waals surface area contributed by atoms with Crippen molar-refractivity contribution in [2.45, 2.75) is 39.9 Å². The van der Waals surface area contributed by atoms with Crippen LogP contribution in [0.5, 0.6) is 0 Å². The molecule has 0 aliphatic carbocycles. The molecule has 1 aromatic heterocycles. The van der Waals surface area contributed by atoms with E-state index in [1.165, 1.54) is 4.57 Å². The van der Waals surface area contributed by atoms with Crippen LogP contribution in [-0.2, 0) is 11.3 Å². The van der Waals surface area contributed by atoms with Crippen molar-refractivity contribution in [2.75, 3.05) is 0 Å². The maximum Gasteiger partial charge on any atom is 0.420 e. The smallest absolute Gasteiger partial charge is 0.420 e. The van der Waals surface area contributed by atoms with E-state index in [1.807, 2.05) is 26.8 Å². The molecular formula is C14H18N2O3. The van der Waals surface area contributed by atoms with Crippen LogP contribution < -0.4 is 0 Å². The van der Waals surface area contributed by atoms with Gasteiger partial charge in [-0.15, -0.1) is 0 Å². The molecule has 0 atom stereocenters. The van der Waals surface area contributed by atoms with Crippen LogP contribution in [0.2, 0.25) is 0 Å². The van der Waals surface area contributed by atoms with Crippen LogP contribution in [0.1, 0.15) is 32.2 Å². The highest BCUT2D eigenvalue weighted by Gasteiger charge is 2.22. The van der Waals surface area contributed by atoms with Crippen molar-refractivity contribution in [1.82, 2.24) is 9.55 Å². The Labute approximate surface area is 111 Å². The average molecular weight is 262 g/mol. The van der Waals surface area contributed by atoms with Gasteiger partial charge in [0, 0.05) is 5.56 Å². The molecule has 0 aliphatic heterocycles. The Morgan fingerprint density at radius 1 is 1.42 bits per heavy atom. The summed E-state index contributed by atoms with van der Waals surface area (Å²) in [6.45, 7) is 7.03. The third-order valence-corrected chi connectivity index (χ3v) is 2.67. The van der Waals surface area contributed by atoms with Gasteiger partial charge in [0.25, 0.3) is 0 Å². The number of para-hydroxylation sites is 1. The lowest BCUT2D eigenvalue weighted by molar-refractivity contribution is 0.0540. The van der Waals surface area contributed by atoms with Crippen molar-refractivity contribution in [3.05, 3.63) is 29.6 Å². The molecule has 5 heteroatoms. The Bertz CT molecular complexity index is 623. The van der Waals surface area contributed by atoms with Gasteiger partial charge in [0.15, 0.2) is 0 Å². The van der Waals surface area contributed by atoms with Gasteiger partial charge in [0.05, 0.1) is 17.6 Å². The van der Waals surface area contributed by atoms with Gasteiger partial charge < -0.3 is 9.84 Å². The Kier molecular flexibility index (Phi) is 3.32. The van der Waals surface area contributed by atoms with Crippen molar-refractivity contribution in [3.8, 4) is 0 Å². The van der Waals surface area contributed by atoms with Gasteiger partial charge in [-0.2, -0.15) is 0 Å². The molecule has 0 spiro atoms. The SMILES string of the molecule is Cc1nc2cccc(CO)c2n1C(=O)OC(C)(C)C. The molecule has 1 N–H and O–H groups in total. The molecule has 0 aliphatic rings. The number of carbonyl (C=O) groups is 1. The fourth-order valence-electron chi connectivity index (χ4n) is 1.97. The summed E-state index contributed by atoms with van der Waals surface area (Å²) in [5.41, 5.74) is 1.37. The number of aromatic nitrogens is 2. The van der Waals surface area contributed by atoms with Gasteiger partial charge in [-0.05, 0) is 33.8 Å². The van der Waals surface area contributed by atoms with Crippen molar-refractivity contribution in [3.63, 3.8) is 0 Å². The third-order valence-electron chi connectivity index (χ3n) is 2.67. The number of imidazole rings is 1. The highest BCUT2D eigenvalue weighted by atomic mass is 16.6. The Morgan fingerprint density at radius 3 is 2.68 bits per heavy atom. The van der Waals surface area contributed by atoms with Crippen LogP contribution >= 0.6 is 0 Å². The molecule has 0 radical (unpaired) electrons. The first kappa shape index (κ1) is 13.5. The van der Waals surface area contributed by atoms with Crippen molar-refractivity contribution in [2.24, 2.45) is 0 Å². The third kappa shape index (κ3) is 2.61. The second-order valence-electron chi connectivity index (χ2n) is 5.42. The first-order valence-electron chi connectivity index (χ1n) is 6.14. The zero-order chi connectivity index (χ0) is 14.2. The van der Waals surface area contributed by atoms with Crippen LogP contribution in [-0.4, -0.2) is 26.4 Å². The zero-order valence-corrected chi connectivity index (χ0v) is 11.6. The minimum atomic E-state index is -0.575. The second kappa shape index (κ2) is 4.66. The fraction of sp³-hybridized carbons (Fsp3) is 0.429. The van der Waals surface area contributed by atoms with E-state index in [9.17, 15) is 9.90 Å². The summed E-state index contributed by atoms with van der Waals surface area (Å²) in [6.07, 6.45) is -0.478. The van der Waals surface area contributed by atoms with Gasteiger partial charge in [0.1, 0.15) is 11.4 Å². The largest absolute Gasteiger partial charge is 0.443 e. The van der Waals surface area contributed by atoms with Gasteiger partial charge in [-0.25, -0.2) is 14.3 Å². The van der Waals surface area contributed by atoms with E-state index >= 15 is 0 Å². The number of hydrogen-bond acceptors (Lipinski definition) is 4. The summed E-state index contributed by atoms with van der Waals surface area (Å²) < 4.78 is 6.78. The lowest BCUT2D eigenvalue weighted by Crippen LogP contribution is -2.27. The molecule has 2 rings (SSSR count). The number of aliphatic hydroxyl groups excluding tert-OH is 1. The molecule has 0 amide bonds. The standard InChI is InChI=1S/C14H18N2O3/c1-9-15-11-7-5-6-10(8-17)12(11)16(9)13(18)19-14(2,3)4/h5-7,17H,8H2,1-4H3. The number of rotatable bonds is 1. The highest BCUT2D eigenvalue weighted by molar-refractivity contribution is 5.89. The van der Waals surface area contributed by atoms with Crippen LogP contribution in [0, 0.1) is 6.92 Å². The zero-order valence-electron chi connectivity index (χ0n) is 11.6. The quantitative estimate of drug-likeness (QED) is 0.858. The summed E-state index contributed by atoms with van der Waals surface area (Å²) >= 11 is 0. The van der Waals surface area contributed by atoms with E-state index in [1.54, 1.807) is 19.1 Å². The number of hydrogen-bond donors (Lipinski definition) is 1. The van der Waals surface area contributed by atoms with Crippen molar-refractivity contribution in [1.29, 1.82) is 0 Å². The predicted octanol–water partition coefficient (Wildman–Crippen LogP) is 2.62. The number of benzene rings is 1. The molecule has 0 unspecified atom stereocenters. The molecule has 2 aromatic rings. The van der Waals surface area contributed by atoms with Crippen LogP contribution in [0.25, 0.3) is 11.0 Å². The van der Waals surface area contributed by atoms with Gasteiger partial charge in [0.2, 0.25) is 0 Å². The second-order valence-corrected chi connectivity index (χ2v) is 5.42. The lowest BCUT2D eigenvalue weighted by atomic mass is 10.2. The molecule has 19 heavy (non-hydrogen) atoms.